The topological polar surface area (TPSA) is 79.7 Å². The van der Waals surface area contributed by atoms with Crippen LogP contribution in [0.1, 0.15) is 23.7 Å². The van der Waals surface area contributed by atoms with Crippen LogP contribution in [-0.2, 0) is 9.15 Å². The van der Waals surface area contributed by atoms with Gasteiger partial charge in [0.2, 0.25) is 0 Å². The first-order chi connectivity index (χ1) is 13.4. The standard InChI is InChI=1S/C20H24N2O4S2/c1-3-13-12-22-9-7-14(13)10-19(22)20(27-28(23,24)25)16-6-8-21-18-5-4-15(26-2)11-17(16)18/h3-6,8,11,13-14,19-20H,1,7,9-10,12H2,2H3,(H,23,24,25)/t13-,14-,19-,20-/m0/s1. The van der Waals surface area contributed by atoms with Crippen LogP contribution < -0.4 is 4.74 Å². The normalized spacial score (nSPS) is 28.2. The average molecular weight is 421 g/mol. The number of rotatable bonds is 6. The summed E-state index contributed by atoms with van der Waals surface area (Å²) < 4.78 is 38.8. The Kier molecular flexibility index (Phi) is 5.39. The van der Waals surface area contributed by atoms with Gasteiger partial charge in [-0.2, -0.15) is 8.42 Å². The maximum atomic E-state index is 11.9. The summed E-state index contributed by atoms with van der Waals surface area (Å²) in [4.78, 5) is 6.76. The van der Waals surface area contributed by atoms with Gasteiger partial charge >= 0.3 is 9.15 Å². The number of hydrogen-bond donors (Lipinski definition) is 1. The van der Waals surface area contributed by atoms with Gasteiger partial charge < -0.3 is 4.74 Å². The molecule has 1 unspecified atom stereocenters. The summed E-state index contributed by atoms with van der Waals surface area (Å²) in [5.74, 6) is 1.63. The van der Waals surface area contributed by atoms with Crippen LogP contribution in [0.3, 0.4) is 0 Å². The van der Waals surface area contributed by atoms with Crippen molar-refractivity contribution in [2.75, 3.05) is 20.2 Å². The van der Waals surface area contributed by atoms with Gasteiger partial charge in [0.1, 0.15) is 5.75 Å². The summed E-state index contributed by atoms with van der Waals surface area (Å²) in [5, 5.41) is 0.437. The van der Waals surface area contributed by atoms with Crippen LogP contribution in [-0.4, -0.2) is 49.1 Å². The fraction of sp³-hybridized carbons (Fsp3) is 0.450. The van der Waals surface area contributed by atoms with E-state index < -0.39 is 14.4 Å². The number of methoxy groups -OCH3 is 1. The maximum Gasteiger partial charge on any atom is 0.320 e. The molecular formula is C20H24N2O4S2. The predicted octanol–water partition coefficient (Wildman–Crippen LogP) is 3.72. The molecule has 1 aromatic carbocycles. The molecule has 150 valence electrons. The molecule has 0 aliphatic carbocycles. The van der Waals surface area contributed by atoms with Crippen molar-refractivity contribution in [3.8, 4) is 5.75 Å². The Bertz CT molecular complexity index is 995. The zero-order valence-corrected chi connectivity index (χ0v) is 17.3. The molecule has 0 amide bonds. The van der Waals surface area contributed by atoms with Crippen LogP contribution in [0.2, 0.25) is 0 Å². The highest BCUT2D eigenvalue weighted by atomic mass is 33.1. The highest BCUT2D eigenvalue weighted by molar-refractivity contribution is 8.70. The Morgan fingerprint density at radius 3 is 2.89 bits per heavy atom. The molecule has 0 spiro atoms. The third-order valence-corrected chi connectivity index (χ3v) is 8.39. The van der Waals surface area contributed by atoms with Gasteiger partial charge in [-0.05, 0) is 61.1 Å². The van der Waals surface area contributed by atoms with Crippen LogP contribution in [0.15, 0.2) is 43.1 Å². The lowest BCUT2D eigenvalue weighted by Gasteiger charge is -2.51. The van der Waals surface area contributed by atoms with Gasteiger partial charge in [-0.15, -0.1) is 6.58 Å². The highest BCUT2D eigenvalue weighted by Crippen LogP contribution is 2.48. The van der Waals surface area contributed by atoms with Crippen molar-refractivity contribution in [1.29, 1.82) is 0 Å². The van der Waals surface area contributed by atoms with E-state index in [4.69, 9.17) is 4.74 Å². The molecule has 6 nitrogen and oxygen atoms in total. The molecule has 1 N–H and O–H groups in total. The van der Waals surface area contributed by atoms with E-state index in [-0.39, 0.29) is 6.04 Å². The molecule has 5 atom stereocenters. The first kappa shape index (κ1) is 19.7. The van der Waals surface area contributed by atoms with E-state index in [1.807, 2.05) is 30.3 Å². The van der Waals surface area contributed by atoms with E-state index in [1.165, 1.54) is 0 Å². The number of benzene rings is 1. The molecule has 2 bridgehead atoms. The number of ether oxygens (including phenoxy) is 1. The molecule has 5 rings (SSSR count). The lowest BCUT2D eigenvalue weighted by molar-refractivity contribution is 0.0184. The van der Waals surface area contributed by atoms with Gasteiger partial charge in [-0.25, -0.2) is 0 Å². The molecule has 3 fully saturated rings. The Morgan fingerprint density at radius 1 is 1.43 bits per heavy atom. The van der Waals surface area contributed by atoms with Crippen molar-refractivity contribution in [3.63, 3.8) is 0 Å². The number of pyridine rings is 1. The SMILES string of the molecule is C=C[C@H]1CN2CC[C@H]1C[C@H]2[C@@H](SS(=O)(=O)O)c1ccnc2ccc(OC)cc12. The van der Waals surface area contributed by atoms with Crippen molar-refractivity contribution in [1.82, 2.24) is 9.88 Å². The zero-order valence-electron chi connectivity index (χ0n) is 15.7. The molecule has 2 aromatic rings. The van der Waals surface area contributed by atoms with Crippen LogP contribution >= 0.6 is 10.8 Å². The second-order valence-electron chi connectivity index (χ2n) is 7.47. The molecule has 8 heteroatoms. The molecular weight excluding hydrogens is 396 g/mol. The lowest BCUT2D eigenvalue weighted by Crippen LogP contribution is -2.54. The molecule has 3 aliphatic heterocycles. The minimum atomic E-state index is -4.22. The summed E-state index contributed by atoms with van der Waals surface area (Å²) in [5.41, 5.74) is 1.64. The van der Waals surface area contributed by atoms with Gasteiger partial charge in [-0.1, -0.05) is 6.08 Å². The molecule has 0 saturated carbocycles. The Balaban J connectivity index is 1.80. The van der Waals surface area contributed by atoms with Gasteiger partial charge in [0, 0.05) is 35.0 Å². The third-order valence-electron chi connectivity index (χ3n) is 6.02. The van der Waals surface area contributed by atoms with Crippen LogP contribution in [0.4, 0.5) is 0 Å². The average Bonchev–Trinajstić information content (AvgIpc) is 2.70. The van der Waals surface area contributed by atoms with Crippen LogP contribution in [0, 0.1) is 11.8 Å². The molecule has 4 heterocycles. The van der Waals surface area contributed by atoms with Crippen molar-refractivity contribution in [3.05, 3.63) is 48.7 Å². The lowest BCUT2D eigenvalue weighted by atomic mass is 9.74. The molecule has 3 aliphatic rings. The number of aromatic nitrogens is 1. The maximum absolute atomic E-state index is 11.9. The molecule has 3 saturated heterocycles. The van der Waals surface area contributed by atoms with E-state index in [1.54, 1.807) is 13.3 Å². The number of piperidine rings is 3. The van der Waals surface area contributed by atoms with Crippen molar-refractivity contribution in [2.24, 2.45) is 11.8 Å². The van der Waals surface area contributed by atoms with E-state index in [9.17, 15) is 13.0 Å². The number of fused-ring (bicyclic) bond motifs is 4. The van der Waals surface area contributed by atoms with Crippen molar-refractivity contribution in [2.45, 2.75) is 24.1 Å². The van der Waals surface area contributed by atoms with E-state index in [0.717, 1.165) is 42.4 Å². The summed E-state index contributed by atoms with van der Waals surface area (Å²) in [6.45, 7) is 5.78. The quantitative estimate of drug-likeness (QED) is 0.433. The van der Waals surface area contributed by atoms with E-state index in [0.29, 0.717) is 28.4 Å². The van der Waals surface area contributed by atoms with Crippen molar-refractivity contribution < 1.29 is 17.7 Å². The fourth-order valence-electron chi connectivity index (χ4n) is 4.67. The summed E-state index contributed by atoms with van der Waals surface area (Å²) >= 11 is 0. The Labute approximate surface area is 169 Å². The van der Waals surface area contributed by atoms with Gasteiger partial charge in [0.15, 0.2) is 0 Å². The first-order valence-corrected chi connectivity index (χ1v) is 12.2. The Morgan fingerprint density at radius 2 is 2.25 bits per heavy atom. The van der Waals surface area contributed by atoms with Gasteiger partial charge in [0.05, 0.1) is 17.9 Å². The van der Waals surface area contributed by atoms with Crippen molar-refractivity contribution >= 4 is 30.8 Å². The van der Waals surface area contributed by atoms with E-state index >= 15 is 0 Å². The minimum Gasteiger partial charge on any atom is -0.497 e. The molecule has 1 aromatic heterocycles. The van der Waals surface area contributed by atoms with Gasteiger partial charge in [0.25, 0.3) is 0 Å². The Hall–Kier alpha value is -1.61. The third kappa shape index (κ3) is 3.78. The monoisotopic (exact) mass is 420 g/mol. The van der Waals surface area contributed by atoms with E-state index in [2.05, 4.69) is 16.5 Å². The minimum absolute atomic E-state index is 0.0266. The zero-order chi connectivity index (χ0) is 19.9. The smallest absolute Gasteiger partial charge is 0.320 e. The largest absolute Gasteiger partial charge is 0.497 e. The number of hydrogen-bond acceptors (Lipinski definition) is 6. The second-order valence-corrected chi connectivity index (χ2v) is 10.9. The summed E-state index contributed by atoms with van der Waals surface area (Å²) in [7, 11) is -1.99. The van der Waals surface area contributed by atoms with Crippen LogP contribution in [0.25, 0.3) is 10.9 Å². The van der Waals surface area contributed by atoms with Crippen LogP contribution in [0.5, 0.6) is 5.75 Å². The highest BCUT2D eigenvalue weighted by Gasteiger charge is 2.44. The molecule has 28 heavy (non-hydrogen) atoms. The fourth-order valence-corrected chi connectivity index (χ4v) is 7.13. The second kappa shape index (κ2) is 7.67. The first-order valence-electron chi connectivity index (χ1n) is 9.34. The molecule has 0 radical (unpaired) electrons. The van der Waals surface area contributed by atoms with Gasteiger partial charge in [-0.3, -0.25) is 14.4 Å². The predicted molar refractivity (Wildman–Crippen MR) is 112 cm³/mol. The summed E-state index contributed by atoms with van der Waals surface area (Å²) in [6.07, 6.45) is 5.70. The number of nitrogens with zero attached hydrogens (tertiary/aromatic N) is 2. The summed E-state index contributed by atoms with van der Waals surface area (Å²) in [6, 6.07) is 7.48.